The average molecular weight is 728 g/mol. The summed E-state index contributed by atoms with van der Waals surface area (Å²) in [5, 5.41) is 0.748. The number of aryl methyl sites for hydroxylation is 1. The number of anilines is 1. The maximum Gasteiger partial charge on any atom is 0.264 e. The van der Waals surface area contributed by atoms with Crippen molar-refractivity contribution in [1.29, 1.82) is 0 Å². The number of ether oxygens (including phenoxy) is 3. The first-order chi connectivity index (χ1) is 23.8. The monoisotopic (exact) mass is 727 g/mol. The van der Waals surface area contributed by atoms with Gasteiger partial charge in [0.1, 0.15) is 5.75 Å². The van der Waals surface area contributed by atoms with Crippen molar-refractivity contribution in [2.45, 2.75) is 83.5 Å². The standard InChI is InChI=1S/C39H54ClN3O6S/c1-25-8-11-31(37-47-19-30(20-48-37)42(4)5)33-14-16-38(33,3)22-43-23-39(15-6-7-27-17-29(40)10-12-32(27)39)24-49-35-13-9-28(18-34(35)43)36(44)41-50(45,46)21-26(25)2/h9-10,12-13,17-18,25-26,30-31,33,37H,6-8,11,14-16,19-24H2,1-5H3,(H,41,44)/t25-,26+,30?,31-,33+,37?,38?,39+/m1/s1. The number of likely N-dealkylation sites (N-methyl/N-ethyl adjacent to an activating group) is 1. The quantitative estimate of drug-likeness (QED) is 0.387. The molecule has 2 bridgehead atoms. The number of hydrogen-bond donors (Lipinski definition) is 1. The van der Waals surface area contributed by atoms with Crippen molar-refractivity contribution < 1.29 is 27.4 Å². The minimum Gasteiger partial charge on any atom is -0.490 e. The van der Waals surface area contributed by atoms with Crippen LogP contribution in [0.15, 0.2) is 36.4 Å². The van der Waals surface area contributed by atoms with Crippen molar-refractivity contribution in [3.63, 3.8) is 0 Å². The summed E-state index contributed by atoms with van der Waals surface area (Å²) in [6.45, 7) is 9.80. The Morgan fingerprint density at radius 1 is 0.980 bits per heavy atom. The largest absolute Gasteiger partial charge is 0.490 e. The molecule has 1 spiro atoms. The molecule has 2 aromatic rings. The molecule has 274 valence electrons. The highest BCUT2D eigenvalue weighted by Crippen LogP contribution is 2.55. The maximum atomic E-state index is 13.6. The third kappa shape index (κ3) is 7.04. The Bertz CT molecular complexity index is 1700. The van der Waals surface area contributed by atoms with E-state index < -0.39 is 15.9 Å². The lowest BCUT2D eigenvalue weighted by molar-refractivity contribution is -0.247. The second-order valence-corrected chi connectivity index (χ2v) is 18.8. The zero-order valence-electron chi connectivity index (χ0n) is 30.3. The normalized spacial score (nSPS) is 36.0. The van der Waals surface area contributed by atoms with Crippen LogP contribution in [0.1, 0.15) is 80.8 Å². The molecule has 11 heteroatoms. The SMILES string of the molecule is C[C@@H]1CC[C@@H](C2OCC(N(C)C)CO2)[C@@H]2CCC2(C)CN2C[C@@]3(CCCc4cc(Cl)ccc43)COc3ccc(cc32)C(=O)NS(=O)(=O)C[C@@H]1C. The minimum atomic E-state index is -3.87. The smallest absolute Gasteiger partial charge is 0.264 e. The van der Waals surface area contributed by atoms with E-state index in [0.717, 1.165) is 74.5 Å². The third-order valence-corrected chi connectivity index (χ3v) is 14.6. The van der Waals surface area contributed by atoms with Crippen LogP contribution in [0.4, 0.5) is 5.69 Å². The molecular formula is C39H54ClN3O6S. The average Bonchev–Trinajstić information content (AvgIpc) is 3.21. The number of carbonyl (C=O) groups excluding carboxylic acids is 1. The number of fused-ring (bicyclic) bond motifs is 4. The highest BCUT2D eigenvalue weighted by molar-refractivity contribution is 7.90. The van der Waals surface area contributed by atoms with E-state index in [9.17, 15) is 13.2 Å². The molecule has 1 saturated carbocycles. The summed E-state index contributed by atoms with van der Waals surface area (Å²) in [6.07, 6.45) is 6.61. The second-order valence-electron chi connectivity index (χ2n) is 16.6. The lowest BCUT2D eigenvalue weighted by Gasteiger charge is -2.55. The van der Waals surface area contributed by atoms with Crippen molar-refractivity contribution in [2.75, 3.05) is 57.7 Å². The first-order valence-electron chi connectivity index (χ1n) is 18.5. The topological polar surface area (TPSA) is 97.4 Å². The number of nitrogens with zero attached hydrogens (tertiary/aromatic N) is 2. The van der Waals surface area contributed by atoms with E-state index in [0.29, 0.717) is 31.3 Å². The molecule has 5 aliphatic rings. The fraction of sp³-hybridized carbons (Fsp3) is 0.667. The number of sulfonamides is 1. The Morgan fingerprint density at radius 2 is 1.76 bits per heavy atom. The van der Waals surface area contributed by atoms with Crippen LogP contribution in [0.2, 0.25) is 5.02 Å². The summed E-state index contributed by atoms with van der Waals surface area (Å²) in [4.78, 5) is 18.2. The van der Waals surface area contributed by atoms with Gasteiger partial charge in [0.2, 0.25) is 10.0 Å². The van der Waals surface area contributed by atoms with Gasteiger partial charge in [-0.25, -0.2) is 13.1 Å². The molecule has 2 aromatic carbocycles. The van der Waals surface area contributed by atoms with Crippen LogP contribution < -0.4 is 14.4 Å². The third-order valence-electron chi connectivity index (χ3n) is 12.9. The van der Waals surface area contributed by atoms with Gasteiger partial charge in [-0.05, 0) is 124 Å². The summed E-state index contributed by atoms with van der Waals surface area (Å²) >= 11 is 6.49. The molecule has 0 aromatic heterocycles. The zero-order chi connectivity index (χ0) is 35.4. The lowest BCUT2D eigenvalue weighted by atomic mass is 9.55. The summed E-state index contributed by atoms with van der Waals surface area (Å²) < 4.78 is 48.8. The molecule has 9 nitrogen and oxygen atoms in total. The van der Waals surface area contributed by atoms with Crippen LogP contribution in [0.3, 0.4) is 0 Å². The molecular weight excluding hydrogens is 674 g/mol. The first-order valence-corrected chi connectivity index (χ1v) is 20.5. The Hall–Kier alpha value is -2.37. The number of carbonyl (C=O) groups is 1. The Morgan fingerprint density at radius 3 is 2.48 bits per heavy atom. The fourth-order valence-corrected chi connectivity index (χ4v) is 11.2. The van der Waals surface area contributed by atoms with Crippen LogP contribution in [-0.4, -0.2) is 84.3 Å². The maximum absolute atomic E-state index is 13.6. The first kappa shape index (κ1) is 36.0. The fourth-order valence-electron chi connectivity index (χ4n) is 9.47. The molecule has 50 heavy (non-hydrogen) atoms. The summed E-state index contributed by atoms with van der Waals surface area (Å²) in [6, 6.07) is 11.9. The van der Waals surface area contributed by atoms with Crippen LogP contribution in [0, 0.1) is 29.1 Å². The van der Waals surface area contributed by atoms with Gasteiger partial charge < -0.3 is 24.0 Å². The van der Waals surface area contributed by atoms with Gasteiger partial charge in [0, 0.05) is 35.0 Å². The predicted octanol–water partition coefficient (Wildman–Crippen LogP) is 6.27. The number of rotatable bonds is 2. The number of nitrogens with one attached hydrogen (secondary N) is 1. The van der Waals surface area contributed by atoms with E-state index in [1.54, 1.807) is 6.07 Å². The highest BCUT2D eigenvalue weighted by atomic mass is 35.5. The molecule has 1 amide bonds. The van der Waals surface area contributed by atoms with Crippen molar-refractivity contribution in [3.8, 4) is 5.75 Å². The van der Waals surface area contributed by atoms with Crippen LogP contribution in [0.5, 0.6) is 5.75 Å². The van der Waals surface area contributed by atoms with Gasteiger partial charge >= 0.3 is 0 Å². The molecule has 2 aliphatic carbocycles. The van der Waals surface area contributed by atoms with Crippen LogP contribution >= 0.6 is 11.6 Å². The van der Waals surface area contributed by atoms with Gasteiger partial charge in [-0.1, -0.05) is 38.4 Å². The van der Waals surface area contributed by atoms with E-state index in [-0.39, 0.29) is 46.7 Å². The second kappa shape index (κ2) is 13.9. The van der Waals surface area contributed by atoms with Gasteiger partial charge in [0.25, 0.3) is 5.91 Å². The number of benzene rings is 2. The minimum absolute atomic E-state index is 0.0381. The Balaban J connectivity index is 1.29. The zero-order valence-corrected chi connectivity index (χ0v) is 31.8. The van der Waals surface area contributed by atoms with Crippen molar-refractivity contribution in [1.82, 2.24) is 9.62 Å². The molecule has 1 N–H and O–H groups in total. The van der Waals surface area contributed by atoms with E-state index in [1.165, 1.54) is 11.1 Å². The summed E-state index contributed by atoms with van der Waals surface area (Å²) in [5.74, 6) is 0.538. The summed E-state index contributed by atoms with van der Waals surface area (Å²) in [7, 11) is 0.258. The van der Waals surface area contributed by atoms with Gasteiger partial charge in [-0.15, -0.1) is 0 Å². The molecule has 3 aliphatic heterocycles. The molecule has 6 atom stereocenters. The molecule has 3 heterocycles. The van der Waals surface area contributed by atoms with Gasteiger partial charge in [-0.3, -0.25) is 4.79 Å². The van der Waals surface area contributed by atoms with Gasteiger partial charge in [-0.2, -0.15) is 0 Å². The molecule has 2 fully saturated rings. The summed E-state index contributed by atoms with van der Waals surface area (Å²) in [5.41, 5.74) is 3.41. The van der Waals surface area contributed by atoms with Crippen LogP contribution in [0.25, 0.3) is 0 Å². The Labute approximate surface area is 303 Å². The Kier molecular flexibility index (Phi) is 10.00. The van der Waals surface area contributed by atoms with E-state index >= 15 is 0 Å². The van der Waals surface area contributed by atoms with Gasteiger partial charge in [0.05, 0.1) is 37.3 Å². The van der Waals surface area contributed by atoms with Crippen molar-refractivity contribution >= 4 is 33.2 Å². The molecule has 1 unspecified atom stereocenters. The number of amides is 1. The van der Waals surface area contributed by atoms with E-state index in [1.807, 2.05) is 25.1 Å². The molecule has 7 rings (SSSR count). The number of halogens is 1. The highest BCUT2D eigenvalue weighted by Gasteiger charge is 2.52. The number of hydrogen-bond acceptors (Lipinski definition) is 8. The van der Waals surface area contributed by atoms with E-state index in [2.05, 4.69) is 54.6 Å². The van der Waals surface area contributed by atoms with Crippen molar-refractivity contribution in [2.24, 2.45) is 29.1 Å². The van der Waals surface area contributed by atoms with Crippen molar-refractivity contribution in [3.05, 3.63) is 58.1 Å². The molecule has 1 saturated heterocycles. The lowest BCUT2D eigenvalue weighted by Crippen LogP contribution is -2.56. The van der Waals surface area contributed by atoms with E-state index in [4.69, 9.17) is 25.8 Å². The predicted molar refractivity (Wildman–Crippen MR) is 197 cm³/mol. The van der Waals surface area contributed by atoms with Crippen LogP contribution in [-0.2, 0) is 31.3 Å². The molecule has 0 radical (unpaired) electrons. The van der Waals surface area contributed by atoms with Gasteiger partial charge in [0.15, 0.2) is 6.29 Å².